The summed E-state index contributed by atoms with van der Waals surface area (Å²) in [5, 5.41) is 18.7. The van der Waals surface area contributed by atoms with Crippen LogP contribution in [-0.2, 0) is 0 Å². The van der Waals surface area contributed by atoms with Gasteiger partial charge in [0.1, 0.15) is 11.5 Å². The molecule has 2 rings (SSSR count). The second-order valence-electron chi connectivity index (χ2n) is 4.10. The van der Waals surface area contributed by atoms with Gasteiger partial charge in [0.2, 0.25) is 0 Å². The van der Waals surface area contributed by atoms with E-state index in [0.29, 0.717) is 22.6 Å². The molecule has 1 atom stereocenters. The molecule has 0 radical (unpaired) electrons. The molecule has 19 heavy (non-hydrogen) atoms. The molecule has 0 fully saturated rings. The molecule has 0 unspecified atom stereocenters. The second-order valence-corrected chi connectivity index (χ2v) is 5.02. The summed E-state index contributed by atoms with van der Waals surface area (Å²) in [5.74, 6) is 1.14. The average Bonchev–Trinajstić information content (AvgIpc) is 2.38. The molecule has 96 valence electrons. The molecule has 0 spiro atoms. The fraction of sp³-hybridized carbons (Fsp3) is 0.133. The van der Waals surface area contributed by atoms with Crippen LogP contribution < -0.4 is 4.74 Å². The van der Waals surface area contributed by atoms with E-state index in [9.17, 15) is 5.11 Å². The number of nitrogens with zero attached hydrogens (tertiary/aromatic N) is 1. The van der Waals surface area contributed by atoms with Crippen molar-refractivity contribution in [3.05, 3.63) is 58.1 Å². The van der Waals surface area contributed by atoms with Crippen LogP contribution in [0.4, 0.5) is 0 Å². The molecule has 0 aliphatic rings. The highest BCUT2D eigenvalue weighted by atomic mass is 79.9. The van der Waals surface area contributed by atoms with Crippen molar-refractivity contribution in [3.8, 4) is 17.6 Å². The Balaban J connectivity index is 2.40. The van der Waals surface area contributed by atoms with E-state index >= 15 is 0 Å². The topological polar surface area (TPSA) is 53.2 Å². The van der Waals surface area contributed by atoms with E-state index in [1.165, 1.54) is 0 Å². The minimum absolute atomic E-state index is 0.493. The maximum atomic E-state index is 9.73. The molecule has 2 aromatic carbocycles. The van der Waals surface area contributed by atoms with Crippen LogP contribution in [0.1, 0.15) is 24.2 Å². The van der Waals surface area contributed by atoms with Crippen LogP contribution in [0.15, 0.2) is 46.9 Å². The molecular formula is C15H12BrNO2. The average molecular weight is 318 g/mol. The van der Waals surface area contributed by atoms with Crippen molar-refractivity contribution in [2.24, 2.45) is 0 Å². The lowest BCUT2D eigenvalue weighted by Gasteiger charge is -2.13. The quantitative estimate of drug-likeness (QED) is 0.924. The minimum atomic E-state index is -0.658. The number of hydrogen-bond donors (Lipinski definition) is 1. The summed E-state index contributed by atoms with van der Waals surface area (Å²) in [6.45, 7) is 1.66. The fourth-order valence-corrected chi connectivity index (χ4v) is 2.07. The van der Waals surface area contributed by atoms with Gasteiger partial charge in [-0.15, -0.1) is 0 Å². The van der Waals surface area contributed by atoms with Gasteiger partial charge in [-0.2, -0.15) is 5.26 Å². The number of rotatable bonds is 3. The van der Waals surface area contributed by atoms with Gasteiger partial charge in [-0.3, -0.25) is 0 Å². The lowest BCUT2D eigenvalue weighted by molar-refractivity contribution is 0.195. The first kappa shape index (κ1) is 13.6. The molecule has 0 aromatic heterocycles. The predicted octanol–water partition coefficient (Wildman–Crippen LogP) is 4.17. The molecule has 0 saturated heterocycles. The molecular weight excluding hydrogens is 306 g/mol. The molecule has 0 aliphatic heterocycles. The van der Waals surface area contributed by atoms with E-state index in [1.54, 1.807) is 25.1 Å². The Morgan fingerprint density at radius 1 is 1.26 bits per heavy atom. The first-order chi connectivity index (χ1) is 9.10. The highest BCUT2D eigenvalue weighted by Gasteiger charge is 2.11. The van der Waals surface area contributed by atoms with Crippen LogP contribution in [0.5, 0.6) is 11.5 Å². The molecule has 0 amide bonds. The third kappa shape index (κ3) is 3.34. The van der Waals surface area contributed by atoms with E-state index in [1.807, 2.05) is 24.3 Å². The largest absolute Gasteiger partial charge is 0.457 e. The van der Waals surface area contributed by atoms with E-state index in [-0.39, 0.29) is 0 Å². The van der Waals surface area contributed by atoms with Crippen LogP contribution >= 0.6 is 15.9 Å². The lowest BCUT2D eigenvalue weighted by atomic mass is 10.1. The van der Waals surface area contributed by atoms with Crippen LogP contribution in [0.25, 0.3) is 0 Å². The zero-order chi connectivity index (χ0) is 13.8. The third-order valence-electron chi connectivity index (χ3n) is 2.62. The van der Waals surface area contributed by atoms with Gasteiger partial charge >= 0.3 is 0 Å². The van der Waals surface area contributed by atoms with Crippen LogP contribution in [0.3, 0.4) is 0 Å². The highest BCUT2D eigenvalue weighted by molar-refractivity contribution is 9.10. The molecule has 0 aliphatic carbocycles. The summed E-state index contributed by atoms with van der Waals surface area (Å²) in [7, 11) is 0. The van der Waals surface area contributed by atoms with E-state index in [4.69, 9.17) is 10.00 Å². The molecule has 1 N–H and O–H groups in total. The Morgan fingerprint density at radius 2 is 2.05 bits per heavy atom. The van der Waals surface area contributed by atoms with Gasteiger partial charge in [-0.1, -0.05) is 28.1 Å². The fourth-order valence-electron chi connectivity index (χ4n) is 1.69. The van der Waals surface area contributed by atoms with Gasteiger partial charge in [0.05, 0.1) is 17.7 Å². The Labute approximate surface area is 120 Å². The molecule has 3 nitrogen and oxygen atoms in total. The standard InChI is InChI=1S/C15H12BrNO2/c1-10(18)14-6-5-11(9-17)7-15(14)19-13-4-2-3-12(16)8-13/h2-8,10,18H,1H3/t10-/m0/s1. The molecule has 0 bridgehead atoms. The summed E-state index contributed by atoms with van der Waals surface area (Å²) in [6, 6.07) is 14.4. The monoisotopic (exact) mass is 317 g/mol. The van der Waals surface area contributed by atoms with Crippen LogP contribution in [0, 0.1) is 11.3 Å². The summed E-state index contributed by atoms with van der Waals surface area (Å²) in [6.07, 6.45) is -0.658. The molecule has 0 heterocycles. The van der Waals surface area contributed by atoms with Crippen molar-refractivity contribution >= 4 is 15.9 Å². The summed E-state index contributed by atoms with van der Waals surface area (Å²) >= 11 is 3.37. The van der Waals surface area contributed by atoms with Gasteiger partial charge in [0.15, 0.2) is 0 Å². The van der Waals surface area contributed by atoms with Crippen molar-refractivity contribution in [3.63, 3.8) is 0 Å². The predicted molar refractivity (Wildman–Crippen MR) is 76.0 cm³/mol. The molecule has 0 saturated carbocycles. The van der Waals surface area contributed by atoms with E-state index in [0.717, 1.165) is 4.47 Å². The Bertz CT molecular complexity index is 632. The van der Waals surface area contributed by atoms with Gasteiger partial charge in [-0.25, -0.2) is 0 Å². The van der Waals surface area contributed by atoms with Gasteiger partial charge in [0.25, 0.3) is 0 Å². The minimum Gasteiger partial charge on any atom is -0.457 e. The van der Waals surface area contributed by atoms with Gasteiger partial charge in [-0.05, 0) is 37.3 Å². The zero-order valence-electron chi connectivity index (χ0n) is 10.3. The zero-order valence-corrected chi connectivity index (χ0v) is 11.9. The molecule has 2 aromatic rings. The van der Waals surface area contributed by atoms with Crippen molar-refractivity contribution in [2.45, 2.75) is 13.0 Å². The normalized spacial score (nSPS) is 11.7. The number of halogens is 1. The smallest absolute Gasteiger partial charge is 0.134 e. The summed E-state index contributed by atoms with van der Waals surface area (Å²) < 4.78 is 6.66. The Kier molecular flexibility index (Phi) is 4.20. The maximum absolute atomic E-state index is 9.73. The number of hydrogen-bond acceptors (Lipinski definition) is 3. The summed E-state index contributed by atoms with van der Waals surface area (Å²) in [5.41, 5.74) is 1.15. The number of ether oxygens (including phenoxy) is 1. The lowest BCUT2D eigenvalue weighted by Crippen LogP contribution is -1.97. The first-order valence-electron chi connectivity index (χ1n) is 5.75. The Hall–Kier alpha value is -1.83. The van der Waals surface area contributed by atoms with Crippen LogP contribution in [-0.4, -0.2) is 5.11 Å². The molecule has 4 heteroatoms. The van der Waals surface area contributed by atoms with Crippen molar-refractivity contribution in [1.29, 1.82) is 5.26 Å². The van der Waals surface area contributed by atoms with Gasteiger partial charge < -0.3 is 9.84 Å². The summed E-state index contributed by atoms with van der Waals surface area (Å²) in [4.78, 5) is 0. The van der Waals surface area contributed by atoms with E-state index < -0.39 is 6.10 Å². The third-order valence-corrected chi connectivity index (χ3v) is 3.11. The number of nitriles is 1. The van der Waals surface area contributed by atoms with Crippen molar-refractivity contribution in [1.82, 2.24) is 0 Å². The van der Waals surface area contributed by atoms with E-state index in [2.05, 4.69) is 22.0 Å². The number of benzene rings is 2. The highest BCUT2D eigenvalue weighted by Crippen LogP contribution is 2.31. The number of aliphatic hydroxyl groups excluding tert-OH is 1. The first-order valence-corrected chi connectivity index (χ1v) is 6.55. The number of aliphatic hydroxyl groups is 1. The van der Waals surface area contributed by atoms with Crippen LogP contribution in [0.2, 0.25) is 0 Å². The van der Waals surface area contributed by atoms with Crippen molar-refractivity contribution in [2.75, 3.05) is 0 Å². The van der Waals surface area contributed by atoms with Crippen molar-refractivity contribution < 1.29 is 9.84 Å². The Morgan fingerprint density at radius 3 is 2.68 bits per heavy atom. The maximum Gasteiger partial charge on any atom is 0.134 e. The second kappa shape index (κ2) is 5.87. The van der Waals surface area contributed by atoms with Gasteiger partial charge in [0, 0.05) is 10.0 Å². The SMILES string of the molecule is C[C@H](O)c1ccc(C#N)cc1Oc1cccc(Br)c1.